The summed E-state index contributed by atoms with van der Waals surface area (Å²) in [4.78, 5) is 15.1. The lowest BCUT2D eigenvalue weighted by Gasteiger charge is -2.43. The lowest BCUT2D eigenvalue weighted by molar-refractivity contribution is -0.136. The smallest absolute Gasteiger partial charge is 0.271 e. The van der Waals surface area contributed by atoms with Crippen molar-refractivity contribution in [3.05, 3.63) is 18.2 Å². The quantitative estimate of drug-likeness (QED) is 0.838. The Balaban J connectivity index is 1.96. The maximum atomic E-state index is 13.2. The summed E-state index contributed by atoms with van der Waals surface area (Å²) in [6.07, 6.45) is 3.56. The molecule has 1 aromatic rings. The number of nitrogens with two attached hydrogens (primary N) is 1. The molecule has 0 atom stereocenters. The van der Waals surface area contributed by atoms with Crippen molar-refractivity contribution in [3.8, 4) is 5.75 Å². The van der Waals surface area contributed by atoms with Crippen molar-refractivity contribution < 1.29 is 9.53 Å². The average molecular weight is 317 g/mol. The lowest BCUT2D eigenvalue weighted by Crippen LogP contribution is -2.57. The molecule has 1 aromatic carbocycles. The molecule has 3 N–H and O–H groups in total. The lowest BCUT2D eigenvalue weighted by atomic mass is 9.90. The molecule has 0 aromatic heterocycles. The Hall–Kier alpha value is -1.75. The number of rotatable bonds is 4. The van der Waals surface area contributed by atoms with Crippen molar-refractivity contribution in [2.24, 2.45) is 5.92 Å². The molecule has 2 heterocycles. The van der Waals surface area contributed by atoms with Crippen LogP contribution in [0.5, 0.6) is 5.75 Å². The van der Waals surface area contributed by atoms with Crippen molar-refractivity contribution in [1.29, 1.82) is 0 Å². The zero-order valence-corrected chi connectivity index (χ0v) is 14.1. The van der Waals surface area contributed by atoms with Crippen molar-refractivity contribution in [2.75, 3.05) is 30.3 Å². The molecule has 3 rings (SSSR count). The highest BCUT2D eigenvalue weighted by Gasteiger charge is 2.46. The average Bonchev–Trinajstić information content (AvgIpc) is 2.59. The minimum absolute atomic E-state index is 0.0825. The van der Waals surface area contributed by atoms with Crippen LogP contribution in [-0.4, -0.2) is 31.1 Å². The van der Waals surface area contributed by atoms with Crippen molar-refractivity contribution in [1.82, 2.24) is 5.32 Å². The Morgan fingerprint density at radius 1 is 1.30 bits per heavy atom. The van der Waals surface area contributed by atoms with E-state index >= 15 is 0 Å². The van der Waals surface area contributed by atoms with Gasteiger partial charge in [-0.1, -0.05) is 13.8 Å². The van der Waals surface area contributed by atoms with E-state index in [-0.39, 0.29) is 5.91 Å². The number of anilines is 2. The monoisotopic (exact) mass is 317 g/mol. The van der Waals surface area contributed by atoms with Crippen LogP contribution < -0.4 is 20.7 Å². The van der Waals surface area contributed by atoms with Crippen molar-refractivity contribution in [2.45, 2.75) is 45.1 Å². The molecule has 0 aliphatic carbocycles. The van der Waals surface area contributed by atoms with Crippen LogP contribution in [0, 0.1) is 5.92 Å². The SMILES string of the molecule is CCC1(CC)Oc2ccc(N)cc2N(CC2CCNCC2)C1=O. The van der Waals surface area contributed by atoms with Crippen molar-refractivity contribution in [3.63, 3.8) is 0 Å². The molecule has 2 aliphatic rings. The van der Waals surface area contributed by atoms with Gasteiger partial charge in [0.25, 0.3) is 5.91 Å². The number of nitrogen functional groups attached to an aromatic ring is 1. The molecular weight excluding hydrogens is 290 g/mol. The van der Waals surface area contributed by atoms with E-state index in [1.165, 1.54) is 0 Å². The molecule has 1 fully saturated rings. The number of fused-ring (bicyclic) bond motifs is 1. The predicted molar refractivity (Wildman–Crippen MR) is 92.7 cm³/mol. The van der Waals surface area contributed by atoms with E-state index in [1.807, 2.05) is 36.9 Å². The van der Waals surface area contributed by atoms with Gasteiger partial charge in [-0.25, -0.2) is 0 Å². The van der Waals surface area contributed by atoms with E-state index in [1.54, 1.807) is 0 Å². The largest absolute Gasteiger partial charge is 0.475 e. The topological polar surface area (TPSA) is 67.6 Å². The summed E-state index contributed by atoms with van der Waals surface area (Å²) in [5, 5.41) is 3.38. The maximum absolute atomic E-state index is 13.2. The van der Waals surface area contributed by atoms with Gasteiger partial charge in [-0.2, -0.15) is 0 Å². The van der Waals surface area contributed by atoms with Gasteiger partial charge in [-0.15, -0.1) is 0 Å². The van der Waals surface area contributed by atoms with E-state index in [4.69, 9.17) is 10.5 Å². The third-order valence-corrected chi connectivity index (χ3v) is 5.26. The highest BCUT2D eigenvalue weighted by Crippen LogP contribution is 2.42. The van der Waals surface area contributed by atoms with Gasteiger partial charge in [-0.3, -0.25) is 4.79 Å². The normalized spacial score (nSPS) is 21.0. The molecule has 0 bridgehead atoms. The minimum atomic E-state index is -0.740. The first-order chi connectivity index (χ1) is 11.1. The van der Waals surface area contributed by atoms with Gasteiger partial charge in [0.2, 0.25) is 0 Å². The third-order valence-electron chi connectivity index (χ3n) is 5.26. The number of hydrogen-bond donors (Lipinski definition) is 2. The summed E-state index contributed by atoms with van der Waals surface area (Å²) in [6.45, 7) is 6.85. The van der Waals surface area contributed by atoms with E-state index < -0.39 is 5.60 Å². The third kappa shape index (κ3) is 2.90. The van der Waals surface area contributed by atoms with Gasteiger partial charge in [-0.05, 0) is 62.9 Å². The summed E-state index contributed by atoms with van der Waals surface area (Å²) in [6, 6.07) is 5.60. The van der Waals surface area contributed by atoms with E-state index in [9.17, 15) is 4.79 Å². The highest BCUT2D eigenvalue weighted by atomic mass is 16.5. The second-order valence-corrected chi connectivity index (χ2v) is 6.64. The minimum Gasteiger partial charge on any atom is -0.475 e. The second kappa shape index (κ2) is 6.40. The van der Waals surface area contributed by atoms with E-state index in [0.29, 0.717) is 24.4 Å². The summed E-state index contributed by atoms with van der Waals surface area (Å²) >= 11 is 0. The van der Waals surface area contributed by atoms with Crippen molar-refractivity contribution >= 4 is 17.3 Å². The Morgan fingerprint density at radius 2 is 2.00 bits per heavy atom. The van der Waals surface area contributed by atoms with Crippen LogP contribution in [0.3, 0.4) is 0 Å². The predicted octanol–water partition coefficient (Wildman–Crippen LogP) is 2.55. The molecule has 126 valence electrons. The first-order valence-electron chi connectivity index (χ1n) is 8.71. The molecule has 2 aliphatic heterocycles. The number of carbonyl (C=O) groups is 1. The molecule has 23 heavy (non-hydrogen) atoms. The fourth-order valence-electron chi connectivity index (χ4n) is 3.64. The van der Waals surface area contributed by atoms with Gasteiger partial charge >= 0.3 is 0 Å². The zero-order chi connectivity index (χ0) is 16.4. The number of hydrogen-bond acceptors (Lipinski definition) is 4. The number of amides is 1. The fraction of sp³-hybridized carbons (Fsp3) is 0.611. The molecule has 0 saturated carbocycles. The zero-order valence-electron chi connectivity index (χ0n) is 14.1. The molecule has 5 nitrogen and oxygen atoms in total. The molecule has 1 saturated heterocycles. The van der Waals surface area contributed by atoms with Gasteiger partial charge in [0.05, 0.1) is 5.69 Å². The van der Waals surface area contributed by atoms with Gasteiger partial charge in [0, 0.05) is 12.2 Å². The standard InChI is InChI=1S/C18H27N3O2/c1-3-18(4-2)17(22)21(12-13-7-9-20-10-8-13)15-11-14(19)5-6-16(15)23-18/h5-6,11,13,20H,3-4,7-10,12,19H2,1-2H3. The summed E-state index contributed by atoms with van der Waals surface area (Å²) in [7, 11) is 0. The fourth-order valence-corrected chi connectivity index (χ4v) is 3.64. The Labute approximate surface area is 138 Å². The number of carbonyl (C=O) groups excluding carboxylic acids is 1. The Bertz CT molecular complexity index is 578. The van der Waals surface area contributed by atoms with E-state index in [0.717, 1.165) is 43.9 Å². The summed E-state index contributed by atoms with van der Waals surface area (Å²) in [5.41, 5.74) is 6.70. The van der Waals surface area contributed by atoms with Crippen LogP contribution in [-0.2, 0) is 4.79 Å². The van der Waals surface area contributed by atoms with Gasteiger partial charge < -0.3 is 20.7 Å². The summed E-state index contributed by atoms with van der Waals surface area (Å²) in [5.74, 6) is 1.38. The Kier molecular flexibility index (Phi) is 4.48. The van der Waals surface area contributed by atoms with Crippen LogP contribution in [0.4, 0.5) is 11.4 Å². The molecule has 5 heteroatoms. The Morgan fingerprint density at radius 3 is 2.65 bits per heavy atom. The first kappa shape index (κ1) is 16.1. The number of piperidine rings is 1. The van der Waals surface area contributed by atoms with Crippen LogP contribution in [0.15, 0.2) is 18.2 Å². The van der Waals surface area contributed by atoms with Crippen LogP contribution >= 0.6 is 0 Å². The number of nitrogens with one attached hydrogen (secondary N) is 1. The number of ether oxygens (including phenoxy) is 1. The molecule has 0 unspecified atom stereocenters. The molecule has 0 radical (unpaired) electrons. The van der Waals surface area contributed by atoms with Crippen LogP contribution in [0.2, 0.25) is 0 Å². The molecular formula is C18H27N3O2. The number of nitrogens with zero attached hydrogens (tertiary/aromatic N) is 1. The summed E-state index contributed by atoms with van der Waals surface area (Å²) < 4.78 is 6.15. The van der Waals surface area contributed by atoms with Gasteiger partial charge in [0.1, 0.15) is 5.75 Å². The highest BCUT2D eigenvalue weighted by molar-refractivity contribution is 6.03. The van der Waals surface area contributed by atoms with Gasteiger partial charge in [0.15, 0.2) is 5.60 Å². The second-order valence-electron chi connectivity index (χ2n) is 6.64. The molecule has 0 spiro atoms. The van der Waals surface area contributed by atoms with Crippen LogP contribution in [0.1, 0.15) is 39.5 Å². The molecule has 1 amide bonds. The first-order valence-corrected chi connectivity index (χ1v) is 8.71. The number of benzene rings is 1. The van der Waals surface area contributed by atoms with Crippen LogP contribution in [0.25, 0.3) is 0 Å². The maximum Gasteiger partial charge on any atom is 0.271 e. The van der Waals surface area contributed by atoms with E-state index in [2.05, 4.69) is 5.32 Å².